The molecular weight excluding hydrogens is 430 g/mol. The average Bonchev–Trinajstić information content (AvgIpc) is 2.72. The van der Waals surface area contributed by atoms with E-state index in [0.717, 1.165) is 46.6 Å². The van der Waals surface area contributed by atoms with Gasteiger partial charge in [0, 0.05) is 52.0 Å². The lowest BCUT2D eigenvalue weighted by Gasteiger charge is -2.49. The smallest absolute Gasteiger partial charge is 0.162 e. The first-order chi connectivity index (χ1) is 15.6. The number of halogens is 1. The van der Waals surface area contributed by atoms with Crippen LogP contribution in [0.15, 0.2) is 77.1 Å². The predicted octanol–water partition coefficient (Wildman–Crippen LogP) is 7.23. The average molecular weight is 460 g/mol. The van der Waals surface area contributed by atoms with E-state index in [2.05, 4.69) is 44.7 Å². The summed E-state index contributed by atoms with van der Waals surface area (Å²) in [5.74, 6) is 0.00320. The highest BCUT2D eigenvalue weighted by molar-refractivity contribution is 6.30. The van der Waals surface area contributed by atoms with Gasteiger partial charge in [0.1, 0.15) is 0 Å². The highest BCUT2D eigenvalue weighted by Crippen LogP contribution is 2.55. The van der Waals surface area contributed by atoms with Crippen LogP contribution >= 0.6 is 11.6 Å². The minimum absolute atomic E-state index is 0.145. The number of ketones is 2. The molecule has 3 nitrogen and oxygen atoms in total. The molecule has 0 radical (unpaired) electrons. The normalized spacial score (nSPS) is 22.4. The summed E-state index contributed by atoms with van der Waals surface area (Å²) in [6, 6.07) is 17.8. The lowest BCUT2D eigenvalue weighted by Crippen LogP contribution is -2.44. The van der Waals surface area contributed by atoms with Gasteiger partial charge in [0.15, 0.2) is 11.6 Å². The van der Waals surface area contributed by atoms with Crippen LogP contribution in [0.1, 0.15) is 64.9 Å². The van der Waals surface area contributed by atoms with E-state index in [-0.39, 0.29) is 28.3 Å². The van der Waals surface area contributed by atoms with Gasteiger partial charge in [-0.15, -0.1) is 0 Å². The minimum Gasteiger partial charge on any atom is -0.317 e. The van der Waals surface area contributed by atoms with Crippen LogP contribution in [0.3, 0.4) is 0 Å². The molecule has 4 heteroatoms. The highest BCUT2D eigenvalue weighted by atomic mass is 35.5. The molecule has 0 aromatic heterocycles. The maximum absolute atomic E-state index is 13.7. The minimum atomic E-state index is -0.299. The first-order valence-corrected chi connectivity index (χ1v) is 12.1. The Morgan fingerprint density at radius 2 is 1.21 bits per heavy atom. The molecule has 0 N–H and O–H groups in total. The lowest BCUT2D eigenvalue weighted by atomic mass is 9.63. The van der Waals surface area contributed by atoms with E-state index >= 15 is 0 Å². The van der Waals surface area contributed by atoms with Gasteiger partial charge in [-0.2, -0.15) is 0 Å². The fourth-order valence-electron chi connectivity index (χ4n) is 5.85. The molecule has 0 spiro atoms. The molecule has 1 heterocycles. The number of carbonyl (C=O) groups excluding carboxylic acids is 2. The molecule has 33 heavy (non-hydrogen) atoms. The third-order valence-electron chi connectivity index (χ3n) is 7.13. The van der Waals surface area contributed by atoms with Gasteiger partial charge in [0.2, 0.25) is 0 Å². The third-order valence-corrected chi connectivity index (χ3v) is 7.38. The van der Waals surface area contributed by atoms with Gasteiger partial charge in [-0.3, -0.25) is 9.59 Å². The SMILES string of the molecule is CC1(C)CC(=O)C2=C(C1)N(c1ccc(Cl)cc1)C1=C(C(=O)CC(C)(C)C1)C2c1ccccc1. The van der Waals surface area contributed by atoms with Gasteiger partial charge in [-0.05, 0) is 53.5 Å². The molecule has 170 valence electrons. The maximum Gasteiger partial charge on any atom is 0.162 e. The Hall–Kier alpha value is -2.65. The van der Waals surface area contributed by atoms with Crippen molar-refractivity contribution in [2.45, 2.75) is 59.3 Å². The summed E-state index contributed by atoms with van der Waals surface area (Å²) in [5, 5.41) is 0.668. The van der Waals surface area contributed by atoms with E-state index in [1.807, 2.05) is 42.5 Å². The molecule has 0 saturated heterocycles. The Kier molecular flexibility index (Phi) is 5.17. The van der Waals surface area contributed by atoms with Gasteiger partial charge in [-0.1, -0.05) is 69.6 Å². The van der Waals surface area contributed by atoms with Crippen molar-refractivity contribution in [1.29, 1.82) is 0 Å². The summed E-state index contributed by atoms with van der Waals surface area (Å²) < 4.78 is 0. The third kappa shape index (κ3) is 3.87. The van der Waals surface area contributed by atoms with Crippen molar-refractivity contribution < 1.29 is 9.59 Å². The Morgan fingerprint density at radius 1 is 0.727 bits per heavy atom. The van der Waals surface area contributed by atoms with Crippen molar-refractivity contribution in [1.82, 2.24) is 0 Å². The highest BCUT2D eigenvalue weighted by Gasteiger charge is 2.49. The summed E-state index contributed by atoms with van der Waals surface area (Å²) in [7, 11) is 0. The monoisotopic (exact) mass is 459 g/mol. The zero-order valence-electron chi connectivity index (χ0n) is 19.7. The number of anilines is 1. The Morgan fingerprint density at radius 3 is 1.70 bits per heavy atom. The fraction of sp³-hybridized carbons (Fsp3) is 0.379. The van der Waals surface area contributed by atoms with Crippen molar-refractivity contribution in [3.8, 4) is 0 Å². The van der Waals surface area contributed by atoms with Crippen LogP contribution in [0.5, 0.6) is 0 Å². The first-order valence-electron chi connectivity index (χ1n) is 11.7. The fourth-order valence-corrected chi connectivity index (χ4v) is 5.97. The number of carbonyl (C=O) groups is 2. The van der Waals surface area contributed by atoms with Crippen LogP contribution in [-0.2, 0) is 9.59 Å². The zero-order chi connectivity index (χ0) is 23.5. The van der Waals surface area contributed by atoms with Crippen LogP contribution in [0.4, 0.5) is 5.69 Å². The van der Waals surface area contributed by atoms with Gasteiger partial charge in [0.25, 0.3) is 0 Å². The van der Waals surface area contributed by atoms with Crippen molar-refractivity contribution in [3.63, 3.8) is 0 Å². The molecule has 0 atom stereocenters. The second-order valence-electron chi connectivity index (χ2n) is 11.3. The van der Waals surface area contributed by atoms with Crippen LogP contribution in [0.25, 0.3) is 0 Å². The summed E-state index contributed by atoms with van der Waals surface area (Å²) in [6.45, 7) is 8.64. The molecule has 0 saturated carbocycles. The number of Topliss-reactive ketones (excluding diaryl/α,β-unsaturated/α-hetero) is 2. The molecule has 2 aromatic carbocycles. The van der Waals surface area contributed by atoms with Gasteiger partial charge in [0.05, 0.1) is 0 Å². The number of benzene rings is 2. The molecule has 2 aromatic rings. The second kappa shape index (κ2) is 7.70. The van der Waals surface area contributed by atoms with Crippen molar-refractivity contribution in [3.05, 3.63) is 87.7 Å². The van der Waals surface area contributed by atoms with Gasteiger partial charge >= 0.3 is 0 Å². The molecule has 2 aliphatic carbocycles. The van der Waals surface area contributed by atoms with Gasteiger partial charge in [-0.25, -0.2) is 0 Å². The van der Waals surface area contributed by atoms with E-state index < -0.39 is 0 Å². The molecule has 0 bridgehead atoms. The quantitative estimate of drug-likeness (QED) is 0.475. The van der Waals surface area contributed by atoms with Crippen LogP contribution < -0.4 is 4.90 Å². The van der Waals surface area contributed by atoms with Crippen molar-refractivity contribution in [2.24, 2.45) is 10.8 Å². The molecule has 1 aliphatic heterocycles. The number of nitrogens with zero attached hydrogens (tertiary/aromatic N) is 1. The van der Waals surface area contributed by atoms with Crippen LogP contribution in [0.2, 0.25) is 5.02 Å². The van der Waals surface area contributed by atoms with Crippen LogP contribution in [-0.4, -0.2) is 11.6 Å². The molecule has 0 fully saturated rings. The zero-order valence-corrected chi connectivity index (χ0v) is 20.5. The summed E-state index contributed by atoms with van der Waals surface area (Å²) in [6.07, 6.45) is 2.55. The molecule has 5 rings (SSSR count). The van der Waals surface area contributed by atoms with Gasteiger partial charge < -0.3 is 4.90 Å². The van der Waals surface area contributed by atoms with E-state index in [1.54, 1.807) is 0 Å². The predicted molar refractivity (Wildman–Crippen MR) is 133 cm³/mol. The molecule has 0 amide bonds. The van der Waals surface area contributed by atoms with Crippen molar-refractivity contribution in [2.75, 3.05) is 4.90 Å². The summed E-state index contributed by atoms with van der Waals surface area (Å²) in [4.78, 5) is 29.7. The number of hydrogen-bond donors (Lipinski definition) is 0. The molecule has 0 unspecified atom stereocenters. The van der Waals surface area contributed by atoms with E-state index in [0.29, 0.717) is 17.9 Å². The Balaban J connectivity index is 1.82. The molecular formula is C29H30ClNO2. The van der Waals surface area contributed by atoms with E-state index in [4.69, 9.17) is 11.6 Å². The number of hydrogen-bond acceptors (Lipinski definition) is 3. The Bertz CT molecular complexity index is 1150. The van der Waals surface area contributed by atoms with Crippen molar-refractivity contribution >= 4 is 28.9 Å². The summed E-state index contributed by atoms with van der Waals surface area (Å²) in [5.41, 5.74) is 5.36. The van der Waals surface area contributed by atoms with Crippen LogP contribution in [0, 0.1) is 10.8 Å². The maximum atomic E-state index is 13.7. The standard InChI is InChI=1S/C29H30ClNO2/c1-28(2)14-21-26(23(32)16-28)25(18-8-6-5-7-9-18)27-22(15-29(3,4)17-24(27)33)31(21)20-12-10-19(30)11-13-20/h5-13,25H,14-17H2,1-4H3. The summed E-state index contributed by atoms with van der Waals surface area (Å²) >= 11 is 6.21. The number of rotatable bonds is 2. The van der Waals surface area contributed by atoms with E-state index in [9.17, 15) is 9.59 Å². The largest absolute Gasteiger partial charge is 0.317 e. The van der Waals surface area contributed by atoms with E-state index in [1.165, 1.54) is 0 Å². The topological polar surface area (TPSA) is 37.4 Å². The second-order valence-corrected chi connectivity index (χ2v) is 11.7. The Labute approximate surface area is 201 Å². The first kappa shape index (κ1) is 22.2. The molecule has 3 aliphatic rings. The lowest BCUT2D eigenvalue weighted by molar-refractivity contribution is -0.119. The number of allylic oxidation sites excluding steroid dienone is 4.